The fourth-order valence-corrected chi connectivity index (χ4v) is 2.88. The van der Waals surface area contributed by atoms with Crippen LogP contribution in [0.15, 0.2) is 40.6 Å². The van der Waals surface area contributed by atoms with Gasteiger partial charge in [0.15, 0.2) is 0 Å². The van der Waals surface area contributed by atoms with Crippen molar-refractivity contribution in [3.63, 3.8) is 0 Å². The Labute approximate surface area is 144 Å². The number of rotatable bonds is 5. The Morgan fingerprint density at radius 2 is 2.13 bits per heavy atom. The summed E-state index contributed by atoms with van der Waals surface area (Å²) in [7, 11) is 5.91. The van der Waals surface area contributed by atoms with Crippen LogP contribution in [0.5, 0.6) is 0 Å². The summed E-state index contributed by atoms with van der Waals surface area (Å²) in [6.07, 6.45) is 4.54. The average molecular weight is 352 g/mol. The predicted octanol–water partition coefficient (Wildman–Crippen LogP) is 4.43. The molecule has 2 aromatic rings. The molecule has 8 heteroatoms. The molecular formula is C15H13BClF2N3S. The molecule has 0 amide bonds. The molecule has 0 aliphatic carbocycles. The van der Waals surface area contributed by atoms with Crippen molar-refractivity contribution in [2.24, 2.45) is 4.99 Å². The number of aryl methyl sites for hydroxylation is 1. The van der Waals surface area contributed by atoms with E-state index in [1.165, 1.54) is 18.6 Å². The van der Waals surface area contributed by atoms with E-state index in [4.69, 9.17) is 19.4 Å². The monoisotopic (exact) mass is 351 g/mol. The summed E-state index contributed by atoms with van der Waals surface area (Å²) in [5.41, 5.74) is 1.98. The molecule has 0 fully saturated rings. The molecule has 2 radical (unpaired) electrons. The van der Waals surface area contributed by atoms with Crippen LogP contribution in [0.1, 0.15) is 18.2 Å². The summed E-state index contributed by atoms with van der Waals surface area (Å²) < 4.78 is 26.0. The van der Waals surface area contributed by atoms with Gasteiger partial charge in [0.05, 0.1) is 28.4 Å². The first-order valence-electron chi connectivity index (χ1n) is 6.67. The zero-order valence-electron chi connectivity index (χ0n) is 12.6. The number of halogens is 3. The molecule has 23 heavy (non-hydrogen) atoms. The summed E-state index contributed by atoms with van der Waals surface area (Å²) >= 11 is 7.10. The fraction of sp³-hybridized carbons (Fsp3) is 0.267. The van der Waals surface area contributed by atoms with Crippen LogP contribution in [-0.2, 0) is 0 Å². The topological polar surface area (TPSA) is 38.1 Å². The zero-order chi connectivity index (χ0) is 17.0. The molecule has 0 saturated carbocycles. The highest BCUT2D eigenvalue weighted by molar-refractivity contribution is 7.99. The third-order valence-electron chi connectivity index (χ3n) is 2.80. The van der Waals surface area contributed by atoms with Crippen LogP contribution >= 0.6 is 23.4 Å². The number of nitrogens with zero attached hydrogens (tertiary/aromatic N) is 3. The Balaban J connectivity index is 2.32. The quantitative estimate of drug-likeness (QED) is 0.454. The minimum atomic E-state index is -2.78. The molecule has 0 atom stereocenters. The summed E-state index contributed by atoms with van der Waals surface area (Å²) in [5.74, 6) is -3.14. The summed E-state index contributed by atoms with van der Waals surface area (Å²) in [5, 5.41) is 0.411. The molecule has 3 nitrogen and oxygen atoms in total. The first-order valence-corrected chi connectivity index (χ1v) is 8.04. The molecule has 118 valence electrons. The van der Waals surface area contributed by atoms with Crippen LogP contribution in [0.4, 0.5) is 14.5 Å². The number of aromatic nitrogens is 2. The lowest BCUT2D eigenvalue weighted by Crippen LogP contribution is -2.12. The Bertz CT molecular complexity index is 721. The number of thioether (sulfide) groups is 1. The third-order valence-corrected chi connectivity index (χ3v) is 4.52. The predicted molar refractivity (Wildman–Crippen MR) is 91.5 cm³/mol. The number of aliphatic imine (C=N–C) groups is 1. The van der Waals surface area contributed by atoms with E-state index >= 15 is 0 Å². The molecule has 0 N–H and O–H groups in total. The van der Waals surface area contributed by atoms with Gasteiger partial charge >= 0.3 is 0 Å². The molecule has 0 unspecified atom stereocenters. The zero-order valence-corrected chi connectivity index (χ0v) is 14.1. The Morgan fingerprint density at radius 3 is 2.74 bits per heavy atom. The number of benzene rings is 1. The standard InChI is InChI=1S/C15H13BClF2N3S/c1-9-5-10(17)13(23-8-15(2,18)19)6-11(9)22-14(16)12-7-20-3-4-21-12/h3-7H,8H2,1-2H3. The molecule has 2 rings (SSSR count). The summed E-state index contributed by atoms with van der Waals surface area (Å²) in [6.45, 7) is 2.69. The first-order chi connectivity index (χ1) is 10.8. The van der Waals surface area contributed by atoms with Crippen molar-refractivity contribution in [2.75, 3.05) is 5.75 Å². The van der Waals surface area contributed by atoms with Gasteiger partial charge in [0.2, 0.25) is 0 Å². The Kier molecular flexibility index (Phi) is 5.76. The molecular weight excluding hydrogens is 339 g/mol. The Morgan fingerprint density at radius 1 is 1.39 bits per heavy atom. The second-order valence-corrected chi connectivity index (χ2v) is 6.44. The molecule has 0 spiro atoms. The van der Waals surface area contributed by atoms with E-state index in [2.05, 4.69) is 15.0 Å². The van der Waals surface area contributed by atoms with Gasteiger partial charge in [-0.3, -0.25) is 15.0 Å². The van der Waals surface area contributed by atoms with Crippen molar-refractivity contribution in [1.29, 1.82) is 0 Å². The van der Waals surface area contributed by atoms with Gasteiger partial charge in [-0.05, 0) is 24.6 Å². The van der Waals surface area contributed by atoms with Crippen molar-refractivity contribution < 1.29 is 8.78 Å². The van der Waals surface area contributed by atoms with E-state index < -0.39 is 5.92 Å². The van der Waals surface area contributed by atoms with Crippen molar-refractivity contribution in [3.8, 4) is 0 Å². The maximum atomic E-state index is 13.0. The third kappa shape index (κ3) is 5.29. The molecule has 1 heterocycles. The lowest BCUT2D eigenvalue weighted by Gasteiger charge is -2.12. The van der Waals surface area contributed by atoms with Crippen molar-refractivity contribution in [2.45, 2.75) is 24.7 Å². The van der Waals surface area contributed by atoms with Gasteiger partial charge in [0, 0.05) is 29.8 Å². The van der Waals surface area contributed by atoms with Crippen LogP contribution in [0.25, 0.3) is 0 Å². The van der Waals surface area contributed by atoms with E-state index in [9.17, 15) is 8.78 Å². The fourth-order valence-electron chi connectivity index (χ4n) is 1.70. The van der Waals surface area contributed by atoms with Crippen LogP contribution in [0.3, 0.4) is 0 Å². The number of hydrogen-bond acceptors (Lipinski definition) is 4. The Hall–Kier alpha value is -1.47. The minimum Gasteiger partial charge on any atom is -0.262 e. The van der Waals surface area contributed by atoms with Crippen molar-refractivity contribution in [1.82, 2.24) is 9.97 Å². The SMILES string of the molecule is [B]C(=Nc1cc(SCC(C)(F)F)c(Cl)cc1C)c1cnccn1. The minimum absolute atomic E-state index is 0.195. The van der Waals surface area contributed by atoms with Gasteiger partial charge in [-0.2, -0.15) is 0 Å². The molecule has 0 bridgehead atoms. The van der Waals surface area contributed by atoms with Crippen molar-refractivity contribution in [3.05, 3.63) is 47.0 Å². The van der Waals surface area contributed by atoms with E-state index in [-0.39, 0.29) is 11.4 Å². The summed E-state index contributed by atoms with van der Waals surface area (Å²) in [4.78, 5) is 12.8. The smallest absolute Gasteiger partial charge is 0.254 e. The van der Waals surface area contributed by atoms with E-state index in [0.29, 0.717) is 21.3 Å². The van der Waals surface area contributed by atoms with Crippen molar-refractivity contribution >= 4 is 42.5 Å². The highest BCUT2D eigenvalue weighted by atomic mass is 35.5. The van der Waals surface area contributed by atoms with E-state index in [1.54, 1.807) is 12.1 Å². The van der Waals surface area contributed by atoms with Gasteiger partial charge < -0.3 is 0 Å². The molecule has 0 aliphatic heterocycles. The first kappa shape index (κ1) is 17.9. The van der Waals surface area contributed by atoms with E-state index in [0.717, 1.165) is 24.2 Å². The highest BCUT2D eigenvalue weighted by Crippen LogP contribution is 2.36. The van der Waals surface area contributed by atoms with Gasteiger partial charge in [0.25, 0.3) is 5.92 Å². The lowest BCUT2D eigenvalue weighted by atomic mass is 9.98. The van der Waals surface area contributed by atoms with Crippen LogP contribution in [-0.4, -0.2) is 35.1 Å². The number of alkyl halides is 2. The second-order valence-electron chi connectivity index (χ2n) is 5.02. The normalized spacial score (nSPS) is 12.5. The lowest BCUT2D eigenvalue weighted by molar-refractivity contribution is 0.0492. The number of hydrogen-bond donors (Lipinski definition) is 0. The van der Waals surface area contributed by atoms with Gasteiger partial charge in [0.1, 0.15) is 7.85 Å². The molecule has 1 aromatic carbocycles. The highest BCUT2D eigenvalue weighted by Gasteiger charge is 2.22. The van der Waals surface area contributed by atoms with Crippen LogP contribution in [0.2, 0.25) is 5.02 Å². The average Bonchev–Trinajstić information content (AvgIpc) is 2.48. The second kappa shape index (κ2) is 7.40. The van der Waals surface area contributed by atoms with Gasteiger partial charge in [-0.15, -0.1) is 11.8 Å². The maximum Gasteiger partial charge on any atom is 0.254 e. The largest absolute Gasteiger partial charge is 0.262 e. The molecule has 0 aliphatic rings. The van der Waals surface area contributed by atoms with Gasteiger partial charge in [-0.1, -0.05) is 11.6 Å². The maximum absolute atomic E-state index is 13.0. The van der Waals surface area contributed by atoms with Crippen LogP contribution < -0.4 is 0 Å². The molecule has 0 saturated heterocycles. The summed E-state index contributed by atoms with van der Waals surface area (Å²) in [6, 6.07) is 3.33. The van der Waals surface area contributed by atoms with E-state index in [1.807, 2.05) is 6.92 Å². The van der Waals surface area contributed by atoms with Crippen LogP contribution in [0, 0.1) is 6.92 Å². The van der Waals surface area contributed by atoms with Gasteiger partial charge in [-0.25, -0.2) is 8.78 Å². The molecule has 1 aromatic heterocycles.